The van der Waals surface area contributed by atoms with Crippen LogP contribution in [0.15, 0.2) is 48.7 Å². The molecule has 0 bridgehead atoms. The van der Waals surface area contributed by atoms with Gasteiger partial charge in [-0.25, -0.2) is 10.2 Å². The van der Waals surface area contributed by atoms with E-state index in [1.165, 1.54) is 24.3 Å². The molecular formula is C15H13F4N3O. The quantitative estimate of drug-likeness (QED) is 0.460. The first-order valence-corrected chi connectivity index (χ1v) is 6.36. The Morgan fingerprint density at radius 3 is 2.22 bits per heavy atom. The predicted molar refractivity (Wildman–Crippen MR) is 78.3 cm³/mol. The summed E-state index contributed by atoms with van der Waals surface area (Å²) in [6.07, 6.45) is -3.47. The predicted octanol–water partition coefficient (Wildman–Crippen LogP) is 3.19. The number of benzene rings is 2. The monoisotopic (exact) mass is 327 g/mol. The first kappa shape index (κ1) is 16.6. The molecule has 0 unspecified atom stereocenters. The molecule has 0 aliphatic rings. The molecule has 0 atom stereocenters. The van der Waals surface area contributed by atoms with Crippen LogP contribution >= 0.6 is 0 Å². The Balaban J connectivity index is 2.28. The Kier molecular flexibility index (Phi) is 4.46. The van der Waals surface area contributed by atoms with E-state index in [2.05, 4.69) is 0 Å². The molecule has 2 rings (SSSR count). The molecule has 0 radical (unpaired) electrons. The summed E-state index contributed by atoms with van der Waals surface area (Å²) in [6.45, 7) is 0. The van der Waals surface area contributed by atoms with Crippen molar-refractivity contribution in [3.63, 3.8) is 0 Å². The fourth-order valence-corrected chi connectivity index (χ4v) is 1.84. The third-order valence-electron chi connectivity index (χ3n) is 3.03. The Morgan fingerprint density at radius 1 is 1.09 bits per heavy atom. The van der Waals surface area contributed by atoms with Gasteiger partial charge in [0.25, 0.3) is 0 Å². The van der Waals surface area contributed by atoms with Crippen molar-refractivity contribution in [2.75, 3.05) is 5.01 Å². The minimum absolute atomic E-state index is 0.0416. The van der Waals surface area contributed by atoms with Crippen molar-refractivity contribution in [3.05, 3.63) is 65.6 Å². The van der Waals surface area contributed by atoms with Crippen LogP contribution in [-0.2, 0) is 6.18 Å². The molecule has 8 heteroatoms. The van der Waals surface area contributed by atoms with Crippen molar-refractivity contribution in [1.82, 2.24) is 0 Å². The van der Waals surface area contributed by atoms with Crippen LogP contribution in [0, 0.1) is 5.82 Å². The Bertz CT molecular complexity index is 726. The van der Waals surface area contributed by atoms with E-state index >= 15 is 0 Å². The number of aromatic hydroxyl groups is 1. The minimum atomic E-state index is -4.64. The van der Waals surface area contributed by atoms with Gasteiger partial charge in [0.15, 0.2) is 0 Å². The van der Waals surface area contributed by atoms with Crippen LogP contribution in [0.2, 0.25) is 0 Å². The van der Waals surface area contributed by atoms with E-state index in [-0.39, 0.29) is 17.1 Å². The molecule has 0 saturated carbocycles. The second-order valence-corrected chi connectivity index (χ2v) is 4.70. The summed E-state index contributed by atoms with van der Waals surface area (Å²) in [5.41, 5.74) is 5.07. The number of nitrogens with two attached hydrogens (primary N) is 2. The van der Waals surface area contributed by atoms with Crippen LogP contribution < -0.4 is 16.6 Å². The molecule has 0 fully saturated rings. The van der Waals surface area contributed by atoms with Crippen molar-refractivity contribution >= 4 is 11.4 Å². The number of nitrogens with zero attached hydrogens (tertiary/aromatic N) is 1. The Morgan fingerprint density at radius 2 is 1.70 bits per heavy atom. The number of alkyl halides is 3. The summed E-state index contributed by atoms with van der Waals surface area (Å²) >= 11 is 0. The van der Waals surface area contributed by atoms with Gasteiger partial charge < -0.3 is 10.8 Å². The molecule has 0 spiro atoms. The molecule has 4 nitrogen and oxygen atoms in total. The summed E-state index contributed by atoms with van der Waals surface area (Å²) in [5.74, 6) is 4.54. The van der Waals surface area contributed by atoms with Gasteiger partial charge >= 0.3 is 6.18 Å². The fourth-order valence-electron chi connectivity index (χ4n) is 1.84. The standard InChI is InChI=1S/C15H13F4N3O/c16-12-7-10(15(17,18)19)3-6-14(12)22(21)8-13(20)9-1-4-11(23)5-2-9/h1-8,23H,20-21H2/b13-8-. The number of hydrogen-bond acceptors (Lipinski definition) is 4. The molecule has 122 valence electrons. The lowest BCUT2D eigenvalue weighted by Gasteiger charge is -2.17. The lowest BCUT2D eigenvalue weighted by atomic mass is 10.1. The number of rotatable bonds is 3. The molecule has 0 aliphatic carbocycles. The number of hydrazine groups is 1. The topological polar surface area (TPSA) is 75.5 Å². The van der Waals surface area contributed by atoms with Crippen molar-refractivity contribution in [2.24, 2.45) is 11.6 Å². The van der Waals surface area contributed by atoms with E-state index in [9.17, 15) is 22.7 Å². The Labute approximate surface area is 129 Å². The van der Waals surface area contributed by atoms with Crippen molar-refractivity contribution in [2.45, 2.75) is 6.18 Å². The van der Waals surface area contributed by atoms with Gasteiger partial charge in [-0.1, -0.05) is 0 Å². The highest BCUT2D eigenvalue weighted by Crippen LogP contribution is 2.32. The summed E-state index contributed by atoms with van der Waals surface area (Å²) in [5, 5.41) is 9.98. The highest BCUT2D eigenvalue weighted by molar-refractivity contribution is 5.66. The van der Waals surface area contributed by atoms with E-state index in [1.807, 2.05) is 0 Å². The van der Waals surface area contributed by atoms with Gasteiger partial charge in [0.2, 0.25) is 0 Å². The van der Waals surface area contributed by atoms with Gasteiger partial charge in [-0.05, 0) is 48.0 Å². The average molecular weight is 327 g/mol. The molecule has 0 aromatic heterocycles. The highest BCUT2D eigenvalue weighted by Gasteiger charge is 2.31. The summed E-state index contributed by atoms with van der Waals surface area (Å²) < 4.78 is 51.3. The van der Waals surface area contributed by atoms with Gasteiger partial charge in [-0.2, -0.15) is 13.2 Å². The normalized spacial score (nSPS) is 12.3. The van der Waals surface area contributed by atoms with Crippen LogP contribution in [-0.4, -0.2) is 5.11 Å². The minimum Gasteiger partial charge on any atom is -0.508 e. The second kappa shape index (κ2) is 6.17. The summed E-state index contributed by atoms with van der Waals surface area (Å²) in [4.78, 5) is 0. The molecule has 2 aromatic carbocycles. The molecule has 0 heterocycles. The number of phenols is 1. The van der Waals surface area contributed by atoms with Crippen LogP contribution in [0.3, 0.4) is 0 Å². The molecule has 0 aliphatic heterocycles. The first-order valence-electron chi connectivity index (χ1n) is 6.36. The molecule has 2 aromatic rings. The van der Waals surface area contributed by atoms with Gasteiger partial charge in [0.05, 0.1) is 16.9 Å². The maximum Gasteiger partial charge on any atom is 0.416 e. The van der Waals surface area contributed by atoms with E-state index in [0.29, 0.717) is 11.6 Å². The van der Waals surface area contributed by atoms with Crippen LogP contribution in [0.1, 0.15) is 11.1 Å². The third-order valence-corrected chi connectivity index (χ3v) is 3.03. The van der Waals surface area contributed by atoms with Gasteiger partial charge in [-0.15, -0.1) is 0 Å². The summed E-state index contributed by atoms with van der Waals surface area (Å²) in [6, 6.07) is 7.82. The maximum atomic E-state index is 13.8. The lowest BCUT2D eigenvalue weighted by molar-refractivity contribution is -0.137. The van der Waals surface area contributed by atoms with Crippen LogP contribution in [0.4, 0.5) is 23.2 Å². The van der Waals surface area contributed by atoms with Gasteiger partial charge in [0, 0.05) is 6.20 Å². The van der Waals surface area contributed by atoms with E-state index in [4.69, 9.17) is 11.6 Å². The van der Waals surface area contributed by atoms with Gasteiger partial charge in [-0.3, -0.25) is 5.01 Å². The highest BCUT2D eigenvalue weighted by atomic mass is 19.4. The Hall–Kier alpha value is -2.74. The number of hydrogen-bond donors (Lipinski definition) is 3. The number of halogens is 4. The molecular weight excluding hydrogens is 314 g/mol. The smallest absolute Gasteiger partial charge is 0.416 e. The number of anilines is 1. The van der Waals surface area contributed by atoms with E-state index < -0.39 is 17.6 Å². The number of phenolic OH excluding ortho intramolecular Hbond substituents is 1. The average Bonchev–Trinajstić information content (AvgIpc) is 2.46. The zero-order valence-corrected chi connectivity index (χ0v) is 11.7. The molecule has 0 amide bonds. The van der Waals surface area contributed by atoms with Crippen molar-refractivity contribution in [3.8, 4) is 5.75 Å². The molecule has 23 heavy (non-hydrogen) atoms. The lowest BCUT2D eigenvalue weighted by Crippen LogP contribution is -2.27. The third kappa shape index (κ3) is 3.92. The largest absolute Gasteiger partial charge is 0.508 e. The second-order valence-electron chi connectivity index (χ2n) is 4.70. The SMILES string of the molecule is N/C(=C\N(N)c1ccc(C(F)(F)F)cc1F)c1ccc(O)cc1. The van der Waals surface area contributed by atoms with Crippen molar-refractivity contribution < 1.29 is 22.7 Å². The first-order chi connectivity index (χ1) is 10.7. The zero-order valence-electron chi connectivity index (χ0n) is 11.7. The molecule has 5 N–H and O–H groups in total. The van der Waals surface area contributed by atoms with Crippen molar-refractivity contribution in [1.29, 1.82) is 0 Å². The molecule has 0 saturated heterocycles. The van der Waals surface area contributed by atoms with Gasteiger partial charge in [0.1, 0.15) is 11.6 Å². The van der Waals surface area contributed by atoms with E-state index in [1.54, 1.807) is 0 Å². The fraction of sp³-hybridized carbons (Fsp3) is 0.0667. The maximum absolute atomic E-state index is 13.8. The van der Waals surface area contributed by atoms with Crippen LogP contribution in [0.25, 0.3) is 5.70 Å². The zero-order chi connectivity index (χ0) is 17.2. The van der Waals surface area contributed by atoms with Crippen LogP contribution in [0.5, 0.6) is 5.75 Å². The summed E-state index contributed by atoms with van der Waals surface area (Å²) in [7, 11) is 0. The van der Waals surface area contributed by atoms with E-state index in [0.717, 1.165) is 23.3 Å².